The summed E-state index contributed by atoms with van der Waals surface area (Å²) in [4.78, 5) is 20.8. The summed E-state index contributed by atoms with van der Waals surface area (Å²) in [5, 5.41) is 0.667. The van der Waals surface area contributed by atoms with Crippen LogP contribution in [0.1, 0.15) is 12.0 Å². The van der Waals surface area contributed by atoms with Gasteiger partial charge in [0.1, 0.15) is 17.1 Å². The number of ether oxygens (including phenoxy) is 1. The summed E-state index contributed by atoms with van der Waals surface area (Å²) in [6.45, 7) is 1.54. The van der Waals surface area contributed by atoms with Gasteiger partial charge in [0.05, 0.1) is 38.9 Å². The first-order valence-corrected chi connectivity index (χ1v) is 10.1. The zero-order valence-electron chi connectivity index (χ0n) is 16.4. The molecule has 148 valence electrons. The Bertz CT molecular complexity index is 940. The van der Waals surface area contributed by atoms with Crippen molar-refractivity contribution in [1.82, 2.24) is 4.98 Å². The number of thiazole rings is 1. The van der Waals surface area contributed by atoms with Crippen molar-refractivity contribution >= 4 is 32.6 Å². The summed E-state index contributed by atoms with van der Waals surface area (Å²) in [5.74, 6) is 0.349. The second kappa shape index (κ2) is 9.12. The lowest BCUT2D eigenvalue weighted by Crippen LogP contribution is -3.05. The lowest BCUT2D eigenvalue weighted by atomic mass is 10.1. The van der Waals surface area contributed by atoms with E-state index in [-0.39, 0.29) is 18.1 Å². The molecule has 0 aliphatic heterocycles. The number of quaternary nitrogens is 1. The van der Waals surface area contributed by atoms with Crippen molar-refractivity contribution in [2.45, 2.75) is 12.8 Å². The minimum absolute atomic E-state index is 0.0432. The van der Waals surface area contributed by atoms with Gasteiger partial charge in [-0.3, -0.25) is 9.69 Å². The number of halogens is 1. The highest BCUT2D eigenvalue weighted by Gasteiger charge is 2.21. The number of hydrogen-bond acceptors (Lipinski definition) is 4. The molecule has 3 aromatic rings. The first-order valence-electron chi connectivity index (χ1n) is 9.25. The third-order valence-corrected chi connectivity index (χ3v) is 5.49. The van der Waals surface area contributed by atoms with Crippen LogP contribution in [-0.4, -0.2) is 45.2 Å². The summed E-state index contributed by atoms with van der Waals surface area (Å²) < 4.78 is 19.5. The molecule has 5 nitrogen and oxygen atoms in total. The SMILES string of the molecule is COc1cccc2sc(N(CCC[NH+](C)C)C(=O)Cc3ccc(F)cc3)nc12. The molecule has 0 atom stereocenters. The summed E-state index contributed by atoms with van der Waals surface area (Å²) >= 11 is 1.48. The van der Waals surface area contributed by atoms with Crippen LogP contribution in [0, 0.1) is 5.82 Å². The fraction of sp³-hybridized carbons (Fsp3) is 0.333. The molecule has 28 heavy (non-hydrogen) atoms. The van der Waals surface area contributed by atoms with E-state index in [2.05, 4.69) is 14.1 Å². The molecule has 0 aliphatic carbocycles. The number of carbonyl (C=O) groups excluding carboxylic acids is 1. The van der Waals surface area contributed by atoms with E-state index in [9.17, 15) is 9.18 Å². The number of benzene rings is 2. The summed E-state index contributed by atoms with van der Waals surface area (Å²) in [6.07, 6.45) is 1.08. The Morgan fingerprint density at radius 1 is 1.21 bits per heavy atom. The van der Waals surface area contributed by atoms with Crippen LogP contribution in [0.25, 0.3) is 10.2 Å². The van der Waals surface area contributed by atoms with E-state index in [1.807, 2.05) is 18.2 Å². The van der Waals surface area contributed by atoms with Crippen molar-refractivity contribution in [1.29, 1.82) is 0 Å². The van der Waals surface area contributed by atoms with E-state index in [0.29, 0.717) is 17.4 Å². The van der Waals surface area contributed by atoms with Crippen LogP contribution < -0.4 is 14.5 Å². The van der Waals surface area contributed by atoms with E-state index in [4.69, 9.17) is 9.72 Å². The van der Waals surface area contributed by atoms with E-state index in [0.717, 1.165) is 28.7 Å². The highest BCUT2D eigenvalue weighted by Crippen LogP contribution is 2.34. The largest absolute Gasteiger partial charge is 0.494 e. The number of aromatic nitrogens is 1. The number of fused-ring (bicyclic) bond motifs is 1. The van der Waals surface area contributed by atoms with Gasteiger partial charge in [0, 0.05) is 13.0 Å². The Morgan fingerprint density at radius 3 is 2.64 bits per heavy atom. The fourth-order valence-corrected chi connectivity index (χ4v) is 4.01. The van der Waals surface area contributed by atoms with Crippen LogP contribution in [0.5, 0.6) is 5.75 Å². The van der Waals surface area contributed by atoms with Gasteiger partial charge in [-0.1, -0.05) is 29.5 Å². The zero-order valence-corrected chi connectivity index (χ0v) is 17.2. The normalized spacial score (nSPS) is 11.2. The lowest BCUT2D eigenvalue weighted by molar-refractivity contribution is -0.858. The van der Waals surface area contributed by atoms with E-state index in [1.54, 1.807) is 24.1 Å². The molecule has 2 aromatic carbocycles. The molecule has 0 radical (unpaired) electrons. The summed E-state index contributed by atoms with van der Waals surface area (Å²) in [6, 6.07) is 11.8. The Labute approximate surface area is 168 Å². The van der Waals surface area contributed by atoms with Crippen LogP contribution in [0.2, 0.25) is 0 Å². The molecule has 1 amide bonds. The molecule has 1 aromatic heterocycles. The molecule has 0 saturated heterocycles. The smallest absolute Gasteiger partial charge is 0.233 e. The monoisotopic (exact) mass is 402 g/mol. The zero-order chi connectivity index (χ0) is 20.1. The number of methoxy groups -OCH3 is 1. The number of nitrogens with one attached hydrogen (secondary N) is 1. The topological polar surface area (TPSA) is 46.9 Å². The first-order chi connectivity index (χ1) is 13.5. The molecule has 0 aliphatic rings. The molecule has 0 unspecified atom stereocenters. The van der Waals surface area contributed by atoms with Crippen LogP contribution in [0.4, 0.5) is 9.52 Å². The van der Waals surface area contributed by atoms with Crippen molar-refractivity contribution in [2.75, 3.05) is 39.2 Å². The molecular formula is C21H25FN3O2S+. The number of hydrogen-bond donors (Lipinski definition) is 1. The summed E-state index contributed by atoms with van der Waals surface area (Å²) in [7, 11) is 5.80. The predicted octanol–water partition coefficient (Wildman–Crippen LogP) is 2.55. The van der Waals surface area contributed by atoms with Crippen LogP contribution >= 0.6 is 11.3 Å². The van der Waals surface area contributed by atoms with Gasteiger partial charge in [0.25, 0.3) is 0 Å². The maximum Gasteiger partial charge on any atom is 0.233 e. The number of anilines is 1. The van der Waals surface area contributed by atoms with Crippen LogP contribution in [0.3, 0.4) is 0 Å². The van der Waals surface area contributed by atoms with Gasteiger partial charge in [-0.25, -0.2) is 9.37 Å². The Balaban J connectivity index is 1.87. The molecule has 0 spiro atoms. The number of para-hydroxylation sites is 1. The lowest BCUT2D eigenvalue weighted by Gasteiger charge is -2.20. The quantitative estimate of drug-likeness (QED) is 0.630. The minimum Gasteiger partial charge on any atom is -0.494 e. The van der Waals surface area contributed by atoms with Gasteiger partial charge in [-0.15, -0.1) is 0 Å². The third kappa shape index (κ3) is 4.85. The van der Waals surface area contributed by atoms with Crippen molar-refractivity contribution in [3.8, 4) is 5.75 Å². The average molecular weight is 403 g/mol. The fourth-order valence-electron chi connectivity index (χ4n) is 2.98. The number of amides is 1. The van der Waals surface area contributed by atoms with Crippen molar-refractivity contribution in [2.24, 2.45) is 0 Å². The van der Waals surface area contributed by atoms with E-state index < -0.39 is 0 Å². The molecule has 1 N–H and O–H groups in total. The van der Waals surface area contributed by atoms with Crippen molar-refractivity contribution in [3.05, 3.63) is 53.8 Å². The molecule has 1 heterocycles. The Morgan fingerprint density at radius 2 is 1.96 bits per heavy atom. The molecular weight excluding hydrogens is 377 g/mol. The average Bonchev–Trinajstić information content (AvgIpc) is 3.10. The highest BCUT2D eigenvalue weighted by atomic mass is 32.1. The molecule has 0 fully saturated rings. The van der Waals surface area contributed by atoms with E-state index in [1.165, 1.54) is 28.4 Å². The van der Waals surface area contributed by atoms with Gasteiger partial charge >= 0.3 is 0 Å². The summed E-state index contributed by atoms with van der Waals surface area (Å²) in [5.41, 5.74) is 1.55. The predicted molar refractivity (Wildman–Crippen MR) is 111 cm³/mol. The van der Waals surface area contributed by atoms with Gasteiger partial charge in [0.15, 0.2) is 5.13 Å². The number of nitrogens with zero attached hydrogens (tertiary/aromatic N) is 2. The second-order valence-electron chi connectivity index (χ2n) is 6.96. The number of rotatable bonds is 8. The Hall–Kier alpha value is -2.51. The van der Waals surface area contributed by atoms with Crippen molar-refractivity contribution in [3.63, 3.8) is 0 Å². The molecule has 0 saturated carbocycles. The van der Waals surface area contributed by atoms with Gasteiger partial charge in [-0.05, 0) is 29.8 Å². The molecule has 3 rings (SSSR count). The Kier molecular flexibility index (Phi) is 6.59. The standard InChI is InChI=1S/C21H24FN3O2S/c1-24(2)12-5-13-25(19(26)14-15-8-10-16(22)11-9-15)21-23-20-17(27-3)6-4-7-18(20)28-21/h4,6-11H,5,12-14H2,1-3H3/p+1. The number of carbonyl (C=O) groups is 1. The maximum absolute atomic E-state index is 13.2. The van der Waals surface area contributed by atoms with Gasteiger partial charge in [-0.2, -0.15) is 0 Å². The third-order valence-electron chi connectivity index (χ3n) is 4.45. The highest BCUT2D eigenvalue weighted by molar-refractivity contribution is 7.22. The van der Waals surface area contributed by atoms with Crippen LogP contribution in [-0.2, 0) is 11.2 Å². The minimum atomic E-state index is -0.305. The van der Waals surface area contributed by atoms with Gasteiger partial charge < -0.3 is 9.64 Å². The molecule has 7 heteroatoms. The van der Waals surface area contributed by atoms with Crippen molar-refractivity contribution < 1.29 is 18.8 Å². The van der Waals surface area contributed by atoms with Crippen LogP contribution in [0.15, 0.2) is 42.5 Å². The first kappa shape index (κ1) is 20.2. The second-order valence-corrected chi connectivity index (χ2v) is 7.97. The van der Waals surface area contributed by atoms with Gasteiger partial charge in [0.2, 0.25) is 5.91 Å². The molecule has 0 bridgehead atoms. The maximum atomic E-state index is 13.2. The van der Waals surface area contributed by atoms with E-state index >= 15 is 0 Å².